The van der Waals surface area contributed by atoms with E-state index in [1.54, 1.807) is 56.3 Å². The first-order valence-corrected chi connectivity index (χ1v) is 8.27. The van der Waals surface area contributed by atoms with E-state index < -0.39 is 29.7 Å². The van der Waals surface area contributed by atoms with Gasteiger partial charge in [0.2, 0.25) is 5.78 Å². The summed E-state index contributed by atoms with van der Waals surface area (Å²) in [7, 11) is 0. The molecule has 134 valence electrons. The third-order valence-electron chi connectivity index (χ3n) is 4.16. The van der Waals surface area contributed by atoms with Crippen LogP contribution in [-0.4, -0.2) is 29.5 Å². The minimum atomic E-state index is -3.60. The molecule has 1 unspecified atom stereocenters. The van der Waals surface area contributed by atoms with Gasteiger partial charge in [0.15, 0.2) is 0 Å². The van der Waals surface area contributed by atoms with Crippen molar-refractivity contribution < 1.29 is 18.7 Å². The van der Waals surface area contributed by atoms with Crippen LogP contribution in [0, 0.1) is 5.92 Å². The molecule has 2 atom stereocenters. The Balaban J connectivity index is 2.28. The summed E-state index contributed by atoms with van der Waals surface area (Å²) in [4.78, 5) is 12.4. The molecule has 0 heterocycles. The maximum atomic E-state index is 14.9. The van der Waals surface area contributed by atoms with E-state index in [-0.39, 0.29) is 12.2 Å². The van der Waals surface area contributed by atoms with E-state index in [0.29, 0.717) is 5.56 Å². The number of Topliss-reactive ketones (excluding diaryl/α,β-unsaturated/α-hetero) is 1. The van der Waals surface area contributed by atoms with Crippen molar-refractivity contribution in [3.8, 4) is 0 Å². The summed E-state index contributed by atoms with van der Waals surface area (Å²) in [5, 5.41) is 12.4. The zero-order valence-electron chi connectivity index (χ0n) is 14.3. The van der Waals surface area contributed by atoms with Gasteiger partial charge in [-0.05, 0) is 11.5 Å². The first-order chi connectivity index (χ1) is 11.9. The second kappa shape index (κ2) is 8.32. The van der Waals surface area contributed by atoms with Crippen LogP contribution >= 0.6 is 0 Å². The lowest BCUT2D eigenvalue weighted by Crippen LogP contribution is -2.54. The highest BCUT2D eigenvalue weighted by molar-refractivity contribution is 6.01. The van der Waals surface area contributed by atoms with Gasteiger partial charge in [-0.3, -0.25) is 10.1 Å². The molecular formula is C20H23F2NO2. The molecule has 0 aromatic heterocycles. The summed E-state index contributed by atoms with van der Waals surface area (Å²) in [6, 6.07) is 14.3. The summed E-state index contributed by atoms with van der Waals surface area (Å²) in [6.07, 6.45) is 0. The highest BCUT2D eigenvalue weighted by Gasteiger charge is 2.49. The van der Waals surface area contributed by atoms with Crippen molar-refractivity contribution in [3.63, 3.8) is 0 Å². The molecule has 2 N–H and O–H groups in total. The van der Waals surface area contributed by atoms with Crippen molar-refractivity contribution in [2.75, 3.05) is 6.61 Å². The standard InChI is InChI=1S/C20H23F2NO2/c1-14(2)18(23-17(13-24)15-9-5-3-6-10-15)20(21,22)19(25)16-11-7-4-8-12-16/h3-12,14,17-18,23-24H,13H2,1-2H3/t17-,18?/m1/s1. The van der Waals surface area contributed by atoms with E-state index in [2.05, 4.69) is 5.32 Å². The molecule has 0 aliphatic rings. The number of hydrogen-bond donors (Lipinski definition) is 2. The zero-order chi connectivity index (χ0) is 18.4. The average molecular weight is 347 g/mol. The van der Waals surface area contributed by atoms with Crippen LogP contribution in [0.2, 0.25) is 0 Å². The zero-order valence-corrected chi connectivity index (χ0v) is 14.3. The fraction of sp³-hybridized carbons (Fsp3) is 0.350. The van der Waals surface area contributed by atoms with Crippen LogP contribution in [0.4, 0.5) is 8.78 Å². The van der Waals surface area contributed by atoms with Gasteiger partial charge in [-0.2, -0.15) is 8.78 Å². The van der Waals surface area contributed by atoms with Crippen molar-refractivity contribution in [1.29, 1.82) is 0 Å². The molecule has 5 heteroatoms. The summed E-state index contributed by atoms with van der Waals surface area (Å²) >= 11 is 0. The molecule has 0 spiro atoms. The highest BCUT2D eigenvalue weighted by Crippen LogP contribution is 2.30. The number of rotatable bonds is 8. The van der Waals surface area contributed by atoms with Gasteiger partial charge in [-0.1, -0.05) is 74.5 Å². The number of nitrogens with one attached hydrogen (secondary N) is 1. The largest absolute Gasteiger partial charge is 0.394 e. The molecular weight excluding hydrogens is 324 g/mol. The van der Waals surface area contributed by atoms with E-state index in [1.807, 2.05) is 6.07 Å². The molecule has 0 radical (unpaired) electrons. The lowest BCUT2D eigenvalue weighted by molar-refractivity contribution is -0.0319. The maximum Gasteiger partial charge on any atom is 0.324 e. The van der Waals surface area contributed by atoms with E-state index in [4.69, 9.17) is 0 Å². The molecule has 25 heavy (non-hydrogen) atoms. The Morgan fingerprint density at radius 1 is 1.04 bits per heavy atom. The van der Waals surface area contributed by atoms with Gasteiger partial charge in [0, 0.05) is 5.56 Å². The number of alkyl halides is 2. The molecule has 0 saturated carbocycles. The Morgan fingerprint density at radius 3 is 2.04 bits per heavy atom. The molecule has 2 aromatic rings. The monoisotopic (exact) mass is 347 g/mol. The second-order valence-corrected chi connectivity index (χ2v) is 6.35. The number of carbonyl (C=O) groups excluding carboxylic acids is 1. The molecule has 0 bridgehead atoms. The number of halogens is 2. The Hall–Kier alpha value is -2.11. The van der Waals surface area contributed by atoms with Gasteiger partial charge >= 0.3 is 5.92 Å². The summed E-state index contributed by atoms with van der Waals surface area (Å²) < 4.78 is 29.9. The van der Waals surface area contributed by atoms with Crippen LogP contribution < -0.4 is 5.32 Å². The molecule has 2 aromatic carbocycles. The molecule has 0 fully saturated rings. The number of carbonyl (C=O) groups is 1. The Kier molecular flexibility index (Phi) is 6.39. The SMILES string of the molecule is CC(C)C(N[C@H](CO)c1ccccc1)C(F)(F)C(=O)c1ccccc1. The molecule has 0 aliphatic heterocycles. The highest BCUT2D eigenvalue weighted by atomic mass is 19.3. The van der Waals surface area contributed by atoms with Gasteiger partial charge in [-0.15, -0.1) is 0 Å². The Bertz CT molecular complexity index is 675. The second-order valence-electron chi connectivity index (χ2n) is 6.35. The average Bonchev–Trinajstić information content (AvgIpc) is 2.62. The molecule has 3 nitrogen and oxygen atoms in total. The number of hydrogen-bond acceptors (Lipinski definition) is 3. The fourth-order valence-corrected chi connectivity index (χ4v) is 2.80. The number of aliphatic hydroxyl groups excluding tert-OH is 1. The quantitative estimate of drug-likeness (QED) is 0.713. The van der Waals surface area contributed by atoms with Crippen molar-refractivity contribution in [3.05, 3.63) is 71.8 Å². The maximum absolute atomic E-state index is 14.9. The van der Waals surface area contributed by atoms with E-state index in [0.717, 1.165) is 0 Å². The van der Waals surface area contributed by atoms with Gasteiger partial charge in [0.1, 0.15) is 0 Å². The van der Waals surface area contributed by atoms with Gasteiger partial charge < -0.3 is 5.11 Å². The van der Waals surface area contributed by atoms with Gasteiger partial charge in [-0.25, -0.2) is 0 Å². The molecule has 0 saturated heterocycles. The summed E-state index contributed by atoms with van der Waals surface area (Å²) in [5.74, 6) is -5.33. The van der Waals surface area contributed by atoms with E-state index >= 15 is 0 Å². The number of ketones is 1. The third-order valence-corrected chi connectivity index (χ3v) is 4.16. The van der Waals surface area contributed by atoms with Crippen LogP contribution in [0.15, 0.2) is 60.7 Å². The summed E-state index contributed by atoms with van der Waals surface area (Å²) in [5.41, 5.74) is 0.666. The lowest BCUT2D eigenvalue weighted by Gasteiger charge is -2.33. The van der Waals surface area contributed by atoms with Crippen LogP contribution in [0.25, 0.3) is 0 Å². The Labute approximate surface area is 146 Å². The van der Waals surface area contributed by atoms with E-state index in [9.17, 15) is 18.7 Å². The first-order valence-electron chi connectivity index (χ1n) is 8.27. The fourth-order valence-electron chi connectivity index (χ4n) is 2.80. The van der Waals surface area contributed by atoms with Crippen molar-refractivity contribution in [2.45, 2.75) is 31.9 Å². The van der Waals surface area contributed by atoms with E-state index in [1.165, 1.54) is 12.1 Å². The third kappa shape index (κ3) is 4.50. The summed E-state index contributed by atoms with van der Waals surface area (Å²) in [6.45, 7) is 2.91. The minimum absolute atomic E-state index is 0.0276. The number of aliphatic hydroxyl groups is 1. The van der Waals surface area contributed by atoms with Crippen LogP contribution in [0.1, 0.15) is 35.8 Å². The normalized spacial score (nSPS) is 14.3. The topological polar surface area (TPSA) is 49.3 Å². The van der Waals surface area contributed by atoms with Crippen molar-refractivity contribution >= 4 is 5.78 Å². The first kappa shape index (κ1) is 19.2. The predicted octanol–water partition coefficient (Wildman–Crippen LogP) is 3.85. The van der Waals surface area contributed by atoms with Crippen molar-refractivity contribution in [2.24, 2.45) is 5.92 Å². The van der Waals surface area contributed by atoms with Crippen LogP contribution in [0.3, 0.4) is 0 Å². The van der Waals surface area contributed by atoms with Crippen LogP contribution in [-0.2, 0) is 0 Å². The van der Waals surface area contributed by atoms with Gasteiger partial charge in [0.05, 0.1) is 18.7 Å². The van der Waals surface area contributed by atoms with Crippen molar-refractivity contribution in [1.82, 2.24) is 5.32 Å². The predicted molar refractivity (Wildman–Crippen MR) is 93.8 cm³/mol. The van der Waals surface area contributed by atoms with Crippen LogP contribution in [0.5, 0.6) is 0 Å². The Morgan fingerprint density at radius 2 is 1.56 bits per heavy atom. The number of benzene rings is 2. The van der Waals surface area contributed by atoms with Gasteiger partial charge in [0.25, 0.3) is 0 Å². The smallest absolute Gasteiger partial charge is 0.324 e. The molecule has 0 aliphatic carbocycles. The molecule has 0 amide bonds. The lowest BCUT2D eigenvalue weighted by atomic mass is 9.90. The minimum Gasteiger partial charge on any atom is -0.394 e. The molecule has 2 rings (SSSR count).